The van der Waals surface area contributed by atoms with Crippen molar-refractivity contribution in [3.8, 4) is 0 Å². The van der Waals surface area contributed by atoms with Gasteiger partial charge in [-0.1, -0.05) is 24.8 Å². The molecule has 1 fully saturated rings. The molecule has 2 aromatic rings. The van der Waals surface area contributed by atoms with Gasteiger partial charge in [0, 0.05) is 54.6 Å². The van der Waals surface area contributed by atoms with Crippen LogP contribution in [0.25, 0.3) is 0 Å². The highest BCUT2D eigenvalue weighted by atomic mass is 32.2. The lowest BCUT2D eigenvalue weighted by molar-refractivity contribution is -0.117. The lowest BCUT2D eigenvalue weighted by Gasteiger charge is -2.42. The van der Waals surface area contributed by atoms with Gasteiger partial charge in [-0.05, 0) is 24.8 Å². The summed E-state index contributed by atoms with van der Waals surface area (Å²) < 4.78 is 6.18. The predicted octanol–water partition coefficient (Wildman–Crippen LogP) is 2.26. The van der Waals surface area contributed by atoms with Crippen molar-refractivity contribution in [2.45, 2.75) is 37.4 Å². The molecular weight excluding hydrogens is 382 g/mol. The maximum absolute atomic E-state index is 12.4. The van der Waals surface area contributed by atoms with E-state index in [0.29, 0.717) is 23.5 Å². The molecule has 0 aromatic carbocycles. The smallest absolute Gasteiger partial charge is 0.250 e. The van der Waals surface area contributed by atoms with E-state index < -0.39 is 0 Å². The van der Waals surface area contributed by atoms with Crippen LogP contribution in [0, 0.1) is 5.92 Å². The van der Waals surface area contributed by atoms with Gasteiger partial charge in [0.25, 0.3) is 5.56 Å². The van der Waals surface area contributed by atoms with Gasteiger partial charge in [0.2, 0.25) is 16.2 Å². The van der Waals surface area contributed by atoms with E-state index in [4.69, 9.17) is 0 Å². The van der Waals surface area contributed by atoms with Gasteiger partial charge in [0.1, 0.15) is 0 Å². The van der Waals surface area contributed by atoms with E-state index in [1.54, 1.807) is 17.8 Å². The Bertz CT molecular complexity index is 881. The standard InChI is InChI=1S/C18H23N5O2S2/c1-2-6-26-18-20-17(27-21-18)19-15(24)11-22-8-12-7-13(10-22)14-4-3-5-16(25)23(14)9-12/h3-5,12-13H,2,6-11H2,1H3,(H,19,20,21,24)/t12-,13+/m1/s1. The number of carbonyl (C=O) groups excluding carboxylic acids is 1. The third kappa shape index (κ3) is 4.25. The topological polar surface area (TPSA) is 80.1 Å². The molecule has 4 heterocycles. The summed E-state index contributed by atoms with van der Waals surface area (Å²) in [5, 5.41) is 4.17. The third-order valence-electron chi connectivity index (χ3n) is 5.01. The molecule has 0 radical (unpaired) electrons. The van der Waals surface area contributed by atoms with Crippen LogP contribution in [0.4, 0.5) is 5.13 Å². The molecule has 2 atom stereocenters. The summed E-state index contributed by atoms with van der Waals surface area (Å²) in [6.07, 6.45) is 2.16. The lowest BCUT2D eigenvalue weighted by atomic mass is 9.83. The molecule has 1 N–H and O–H groups in total. The average Bonchev–Trinajstić information content (AvgIpc) is 3.08. The van der Waals surface area contributed by atoms with Gasteiger partial charge >= 0.3 is 0 Å². The Kier molecular flexibility index (Phi) is 5.60. The van der Waals surface area contributed by atoms with Gasteiger partial charge in [-0.3, -0.25) is 19.8 Å². The number of anilines is 1. The number of hydrogen-bond acceptors (Lipinski definition) is 7. The van der Waals surface area contributed by atoms with Crippen LogP contribution in [0.1, 0.15) is 31.4 Å². The monoisotopic (exact) mass is 405 g/mol. The Morgan fingerprint density at radius 1 is 1.37 bits per heavy atom. The molecule has 1 saturated heterocycles. The molecule has 2 aliphatic heterocycles. The van der Waals surface area contributed by atoms with Crippen molar-refractivity contribution in [3.05, 3.63) is 34.2 Å². The van der Waals surface area contributed by atoms with E-state index in [0.717, 1.165) is 49.1 Å². The predicted molar refractivity (Wildman–Crippen MR) is 108 cm³/mol. The number of rotatable bonds is 6. The molecule has 0 aliphatic carbocycles. The Labute approximate surface area is 166 Å². The fourth-order valence-corrected chi connectivity index (χ4v) is 5.41. The van der Waals surface area contributed by atoms with Gasteiger partial charge < -0.3 is 4.57 Å². The van der Waals surface area contributed by atoms with Crippen LogP contribution in [-0.4, -0.2) is 50.1 Å². The van der Waals surface area contributed by atoms with Crippen LogP contribution in [0.3, 0.4) is 0 Å². The molecule has 27 heavy (non-hydrogen) atoms. The first-order valence-electron chi connectivity index (χ1n) is 9.31. The van der Waals surface area contributed by atoms with Crippen LogP contribution in [0.5, 0.6) is 0 Å². The molecule has 0 unspecified atom stereocenters. The molecule has 0 saturated carbocycles. The maximum Gasteiger partial charge on any atom is 0.250 e. The highest BCUT2D eigenvalue weighted by Crippen LogP contribution is 2.34. The Morgan fingerprint density at radius 3 is 3.11 bits per heavy atom. The summed E-state index contributed by atoms with van der Waals surface area (Å²) in [6, 6.07) is 5.51. The largest absolute Gasteiger partial charge is 0.312 e. The minimum atomic E-state index is -0.0522. The van der Waals surface area contributed by atoms with Crippen molar-refractivity contribution in [1.29, 1.82) is 0 Å². The first-order chi connectivity index (χ1) is 13.1. The highest BCUT2D eigenvalue weighted by Gasteiger charge is 2.34. The Morgan fingerprint density at radius 2 is 2.26 bits per heavy atom. The number of amides is 1. The first kappa shape index (κ1) is 18.6. The summed E-state index contributed by atoms with van der Waals surface area (Å²) in [6.45, 7) is 4.86. The van der Waals surface area contributed by atoms with Crippen molar-refractivity contribution in [2.24, 2.45) is 5.92 Å². The van der Waals surface area contributed by atoms with E-state index in [2.05, 4.69) is 26.5 Å². The molecule has 2 bridgehead atoms. The van der Waals surface area contributed by atoms with Crippen LogP contribution < -0.4 is 10.9 Å². The van der Waals surface area contributed by atoms with Crippen LogP contribution >= 0.6 is 23.3 Å². The quantitative estimate of drug-likeness (QED) is 0.743. The first-order valence-corrected chi connectivity index (χ1v) is 11.1. The normalized spacial score (nSPS) is 21.7. The van der Waals surface area contributed by atoms with E-state index >= 15 is 0 Å². The van der Waals surface area contributed by atoms with Gasteiger partial charge in [0.05, 0.1) is 6.54 Å². The molecule has 4 rings (SSSR count). The molecule has 144 valence electrons. The van der Waals surface area contributed by atoms with Crippen molar-refractivity contribution in [3.63, 3.8) is 0 Å². The van der Waals surface area contributed by atoms with E-state index in [1.807, 2.05) is 16.7 Å². The number of nitrogens with one attached hydrogen (secondary N) is 1. The molecule has 7 nitrogen and oxygen atoms in total. The van der Waals surface area contributed by atoms with Crippen LogP contribution in [0.15, 0.2) is 28.2 Å². The van der Waals surface area contributed by atoms with Crippen molar-refractivity contribution >= 4 is 34.3 Å². The third-order valence-corrected chi connectivity index (χ3v) is 6.81. The number of carbonyl (C=O) groups is 1. The SMILES string of the molecule is CCCSc1nsc(NC(=O)CN2C[C@H]3C[C@@H](C2)c2cccc(=O)n2C3)n1. The minimum absolute atomic E-state index is 0.0522. The maximum atomic E-state index is 12.4. The van der Waals surface area contributed by atoms with Gasteiger partial charge in [-0.15, -0.1) is 0 Å². The molecule has 2 aromatic heterocycles. The molecule has 1 amide bonds. The second-order valence-corrected chi connectivity index (χ2v) is 8.98. The number of fused-ring (bicyclic) bond motifs is 4. The highest BCUT2D eigenvalue weighted by molar-refractivity contribution is 7.99. The number of likely N-dealkylation sites (tertiary alicyclic amines) is 1. The summed E-state index contributed by atoms with van der Waals surface area (Å²) in [5.74, 6) is 1.66. The number of hydrogen-bond donors (Lipinski definition) is 1. The number of nitrogens with zero attached hydrogens (tertiary/aromatic N) is 4. The zero-order chi connectivity index (χ0) is 18.8. The van der Waals surface area contributed by atoms with E-state index in [-0.39, 0.29) is 11.5 Å². The van der Waals surface area contributed by atoms with Crippen molar-refractivity contribution in [2.75, 3.05) is 30.7 Å². The van der Waals surface area contributed by atoms with Crippen molar-refractivity contribution < 1.29 is 4.79 Å². The lowest BCUT2D eigenvalue weighted by Crippen LogP contribution is -2.49. The Hall–Kier alpha value is -1.71. The number of pyridine rings is 1. The summed E-state index contributed by atoms with van der Waals surface area (Å²) in [7, 11) is 0. The number of aromatic nitrogens is 3. The van der Waals surface area contributed by atoms with Gasteiger partial charge in [-0.25, -0.2) is 0 Å². The van der Waals surface area contributed by atoms with Crippen molar-refractivity contribution in [1.82, 2.24) is 18.8 Å². The second-order valence-electron chi connectivity index (χ2n) is 7.17. The number of thioether (sulfide) groups is 1. The Balaban J connectivity index is 1.36. The summed E-state index contributed by atoms with van der Waals surface area (Å²) >= 11 is 2.84. The fraction of sp³-hybridized carbons (Fsp3) is 0.556. The van der Waals surface area contributed by atoms with Gasteiger partial charge in [-0.2, -0.15) is 9.36 Å². The molecule has 2 aliphatic rings. The molecule has 0 spiro atoms. The van der Waals surface area contributed by atoms with Crippen LogP contribution in [0.2, 0.25) is 0 Å². The van der Waals surface area contributed by atoms with E-state index in [1.165, 1.54) is 11.5 Å². The number of piperidine rings is 1. The molecule has 9 heteroatoms. The van der Waals surface area contributed by atoms with Gasteiger partial charge in [0.15, 0.2) is 0 Å². The summed E-state index contributed by atoms with van der Waals surface area (Å²) in [5.41, 5.74) is 1.19. The fourth-order valence-electron chi connectivity index (χ4n) is 4.00. The zero-order valence-corrected chi connectivity index (χ0v) is 16.9. The second kappa shape index (κ2) is 8.12. The molecular formula is C18H23N5O2S2. The average molecular weight is 406 g/mol. The van der Waals surface area contributed by atoms with E-state index in [9.17, 15) is 9.59 Å². The summed E-state index contributed by atoms with van der Waals surface area (Å²) in [4.78, 5) is 31.1. The minimum Gasteiger partial charge on any atom is -0.312 e. The van der Waals surface area contributed by atoms with Crippen LogP contribution in [-0.2, 0) is 11.3 Å². The zero-order valence-electron chi connectivity index (χ0n) is 15.3.